The highest BCUT2D eigenvalue weighted by molar-refractivity contribution is 5.93. The zero-order chi connectivity index (χ0) is 17.3. The molecule has 2 aliphatic carbocycles. The van der Waals surface area contributed by atoms with Gasteiger partial charge in [-0.25, -0.2) is 9.97 Å². The fourth-order valence-electron chi connectivity index (χ4n) is 3.75. The lowest BCUT2D eigenvalue weighted by atomic mass is 9.82. The Morgan fingerprint density at radius 3 is 2.75 bits per heavy atom. The van der Waals surface area contributed by atoms with Gasteiger partial charge >= 0.3 is 0 Å². The van der Waals surface area contributed by atoms with Crippen LogP contribution in [0.5, 0.6) is 0 Å². The Balaban J connectivity index is 1.78. The van der Waals surface area contributed by atoms with Gasteiger partial charge in [0.25, 0.3) is 5.91 Å². The van der Waals surface area contributed by atoms with E-state index in [0.717, 1.165) is 31.4 Å². The first-order chi connectivity index (χ1) is 11.3. The smallest absolute Gasteiger partial charge is 0.252 e. The van der Waals surface area contributed by atoms with E-state index in [2.05, 4.69) is 29.1 Å². The maximum Gasteiger partial charge on any atom is 0.252 e. The Morgan fingerprint density at radius 2 is 2.12 bits per heavy atom. The van der Waals surface area contributed by atoms with Gasteiger partial charge in [-0.3, -0.25) is 4.79 Å². The Hall–Kier alpha value is -1.69. The quantitative estimate of drug-likeness (QED) is 0.742. The molecule has 0 aromatic carbocycles. The van der Waals surface area contributed by atoms with Crippen molar-refractivity contribution in [1.29, 1.82) is 0 Å². The second kappa shape index (κ2) is 6.67. The molecule has 1 aromatic rings. The van der Waals surface area contributed by atoms with Crippen LogP contribution in [0.25, 0.3) is 0 Å². The van der Waals surface area contributed by atoms with Gasteiger partial charge in [0, 0.05) is 12.2 Å². The van der Waals surface area contributed by atoms with Gasteiger partial charge in [0.15, 0.2) is 0 Å². The fraction of sp³-hybridized carbons (Fsp3) is 0.722. The van der Waals surface area contributed by atoms with Crippen molar-refractivity contribution in [1.82, 2.24) is 9.97 Å². The molecule has 132 valence electrons. The average Bonchev–Trinajstić information content (AvgIpc) is 3.31. The van der Waals surface area contributed by atoms with Gasteiger partial charge in [-0.15, -0.1) is 0 Å². The minimum atomic E-state index is -0.476. The van der Waals surface area contributed by atoms with E-state index in [0.29, 0.717) is 23.9 Å². The predicted molar refractivity (Wildman–Crippen MR) is 92.6 cm³/mol. The van der Waals surface area contributed by atoms with Crippen LogP contribution in [0, 0.1) is 11.3 Å². The van der Waals surface area contributed by atoms with E-state index < -0.39 is 5.91 Å². The standard InChI is InChI=1S/C18H28N4O2/c1-18(2,11-6-7-11)9-15-14(16(19)24)10-20-17(22-15)21-12-4-3-5-13(23)8-12/h10-13,23H,3-9H2,1-2H3,(H2,19,24)(H,20,21,22)/t12-,13-/m0/s1. The van der Waals surface area contributed by atoms with Crippen molar-refractivity contribution in [3.63, 3.8) is 0 Å². The van der Waals surface area contributed by atoms with Crippen molar-refractivity contribution in [2.75, 3.05) is 5.32 Å². The molecule has 2 aliphatic rings. The molecule has 0 spiro atoms. The Morgan fingerprint density at radius 1 is 1.38 bits per heavy atom. The number of rotatable bonds is 6. The van der Waals surface area contributed by atoms with Gasteiger partial charge in [0.1, 0.15) is 0 Å². The van der Waals surface area contributed by atoms with Gasteiger partial charge in [-0.2, -0.15) is 0 Å². The second-order valence-corrected chi connectivity index (χ2v) is 8.02. The number of aliphatic hydroxyl groups excluding tert-OH is 1. The number of hydrogen-bond acceptors (Lipinski definition) is 5. The van der Waals surface area contributed by atoms with E-state index in [-0.39, 0.29) is 17.6 Å². The van der Waals surface area contributed by atoms with Crippen LogP contribution in [0.3, 0.4) is 0 Å². The first kappa shape index (κ1) is 17.1. The van der Waals surface area contributed by atoms with Crippen LogP contribution in [-0.4, -0.2) is 33.1 Å². The largest absolute Gasteiger partial charge is 0.393 e. The zero-order valence-electron chi connectivity index (χ0n) is 14.6. The molecule has 1 heterocycles. The maximum atomic E-state index is 11.7. The number of amides is 1. The van der Waals surface area contributed by atoms with E-state index in [1.165, 1.54) is 19.0 Å². The molecule has 2 atom stereocenters. The number of carbonyl (C=O) groups excluding carboxylic acids is 1. The van der Waals surface area contributed by atoms with E-state index >= 15 is 0 Å². The van der Waals surface area contributed by atoms with Crippen LogP contribution in [0.4, 0.5) is 5.95 Å². The third-order valence-electron chi connectivity index (χ3n) is 5.42. The topological polar surface area (TPSA) is 101 Å². The first-order valence-electron chi connectivity index (χ1n) is 8.95. The lowest BCUT2D eigenvalue weighted by molar-refractivity contribution is 0.0998. The molecule has 24 heavy (non-hydrogen) atoms. The van der Waals surface area contributed by atoms with Gasteiger partial charge in [0.05, 0.1) is 17.4 Å². The van der Waals surface area contributed by atoms with Crippen molar-refractivity contribution >= 4 is 11.9 Å². The number of aliphatic hydroxyl groups is 1. The van der Waals surface area contributed by atoms with E-state index in [1.54, 1.807) is 0 Å². The minimum Gasteiger partial charge on any atom is -0.393 e. The molecule has 6 heteroatoms. The van der Waals surface area contributed by atoms with Crippen molar-refractivity contribution in [3.05, 3.63) is 17.5 Å². The monoisotopic (exact) mass is 332 g/mol. The summed E-state index contributed by atoms with van der Waals surface area (Å²) in [5.74, 6) is 0.745. The molecular weight excluding hydrogens is 304 g/mol. The number of nitrogens with one attached hydrogen (secondary N) is 1. The lowest BCUT2D eigenvalue weighted by Gasteiger charge is -2.27. The summed E-state index contributed by atoms with van der Waals surface area (Å²) >= 11 is 0. The van der Waals surface area contributed by atoms with Crippen LogP contribution in [0.1, 0.15) is 68.4 Å². The lowest BCUT2D eigenvalue weighted by Crippen LogP contribution is -2.31. The van der Waals surface area contributed by atoms with Crippen LogP contribution in [-0.2, 0) is 6.42 Å². The summed E-state index contributed by atoms with van der Waals surface area (Å²) in [7, 11) is 0. The Labute approximate surface area is 143 Å². The molecule has 3 rings (SSSR count). The van der Waals surface area contributed by atoms with Crippen molar-refractivity contribution in [2.45, 2.75) is 70.9 Å². The SMILES string of the molecule is CC(C)(Cc1nc(N[C@H]2CCC[C@H](O)C2)ncc1C(N)=O)C1CC1. The molecule has 6 nitrogen and oxygen atoms in total. The summed E-state index contributed by atoms with van der Waals surface area (Å²) in [6.07, 6.45) is 8.07. The molecule has 0 aliphatic heterocycles. The summed E-state index contributed by atoms with van der Waals surface area (Å²) < 4.78 is 0. The van der Waals surface area contributed by atoms with E-state index in [4.69, 9.17) is 5.73 Å². The van der Waals surface area contributed by atoms with E-state index in [9.17, 15) is 9.90 Å². The van der Waals surface area contributed by atoms with Gasteiger partial charge in [0.2, 0.25) is 5.95 Å². The average molecular weight is 332 g/mol. The Bertz CT molecular complexity index is 613. The van der Waals surface area contributed by atoms with Gasteiger partial charge < -0.3 is 16.2 Å². The van der Waals surface area contributed by atoms with Crippen molar-refractivity contribution < 1.29 is 9.90 Å². The van der Waals surface area contributed by atoms with Crippen molar-refractivity contribution in [3.8, 4) is 0 Å². The third kappa shape index (κ3) is 4.04. The van der Waals surface area contributed by atoms with Gasteiger partial charge in [-0.05, 0) is 56.3 Å². The highest BCUT2D eigenvalue weighted by Gasteiger charge is 2.38. The number of anilines is 1. The molecular formula is C18H28N4O2. The summed E-state index contributed by atoms with van der Waals surface area (Å²) in [4.78, 5) is 20.6. The molecule has 1 amide bonds. The van der Waals surface area contributed by atoms with Crippen LogP contribution in [0.2, 0.25) is 0 Å². The molecule has 0 bridgehead atoms. The minimum absolute atomic E-state index is 0.108. The first-order valence-corrected chi connectivity index (χ1v) is 8.95. The Kier molecular flexibility index (Phi) is 4.76. The number of primary amides is 1. The molecule has 0 radical (unpaired) electrons. The highest BCUT2D eigenvalue weighted by Crippen LogP contribution is 2.47. The summed E-state index contributed by atoms with van der Waals surface area (Å²) in [5.41, 5.74) is 6.76. The summed E-state index contributed by atoms with van der Waals surface area (Å²) in [5, 5.41) is 13.1. The summed E-state index contributed by atoms with van der Waals surface area (Å²) in [6.45, 7) is 4.45. The molecule has 1 aromatic heterocycles. The number of carbonyl (C=O) groups is 1. The number of nitrogens with two attached hydrogens (primary N) is 1. The molecule has 2 fully saturated rings. The molecule has 0 saturated heterocycles. The number of aromatic nitrogens is 2. The van der Waals surface area contributed by atoms with Crippen molar-refractivity contribution in [2.24, 2.45) is 17.1 Å². The second-order valence-electron chi connectivity index (χ2n) is 8.02. The predicted octanol–water partition coefficient (Wildman–Crippen LogP) is 2.27. The van der Waals surface area contributed by atoms with Gasteiger partial charge in [-0.1, -0.05) is 13.8 Å². The molecule has 2 saturated carbocycles. The highest BCUT2D eigenvalue weighted by atomic mass is 16.3. The third-order valence-corrected chi connectivity index (χ3v) is 5.42. The zero-order valence-corrected chi connectivity index (χ0v) is 14.6. The van der Waals surface area contributed by atoms with E-state index in [1.807, 2.05) is 0 Å². The molecule has 4 N–H and O–H groups in total. The molecule has 0 unspecified atom stereocenters. The fourth-order valence-corrected chi connectivity index (χ4v) is 3.75. The van der Waals surface area contributed by atoms with Crippen LogP contribution >= 0.6 is 0 Å². The maximum absolute atomic E-state index is 11.7. The number of hydrogen-bond donors (Lipinski definition) is 3. The summed E-state index contributed by atoms with van der Waals surface area (Å²) in [6, 6.07) is 0.178. The normalized spacial score (nSPS) is 24.6. The van der Waals surface area contributed by atoms with Crippen LogP contribution in [0.15, 0.2) is 6.20 Å². The number of nitrogens with zero attached hydrogens (tertiary/aromatic N) is 2. The van der Waals surface area contributed by atoms with Crippen LogP contribution < -0.4 is 11.1 Å².